The quantitative estimate of drug-likeness (QED) is 0.825. The molecular formula is C17H12ClFN2O4. The van der Waals surface area contributed by atoms with E-state index < -0.39 is 24.3 Å². The molecule has 1 N–H and O–H groups in total. The molecule has 0 fully saturated rings. The second kappa shape index (κ2) is 8.13. The summed E-state index contributed by atoms with van der Waals surface area (Å²) in [6, 6.07) is 9.79. The van der Waals surface area contributed by atoms with E-state index in [4.69, 9.17) is 26.3 Å². The Kier molecular flexibility index (Phi) is 5.93. The number of nitrogens with one attached hydrogen (secondary N) is 1. The molecular weight excluding hydrogens is 351 g/mol. The maximum atomic E-state index is 13.5. The number of nitriles is 1. The number of nitrogens with zero attached hydrogens (tertiary/aromatic N) is 1. The predicted molar refractivity (Wildman–Crippen MR) is 88.0 cm³/mol. The fourth-order valence-electron chi connectivity index (χ4n) is 1.89. The van der Waals surface area contributed by atoms with Gasteiger partial charge in [-0.15, -0.1) is 0 Å². The molecule has 25 heavy (non-hydrogen) atoms. The van der Waals surface area contributed by atoms with Gasteiger partial charge in [-0.25, -0.2) is 9.18 Å². The highest BCUT2D eigenvalue weighted by molar-refractivity contribution is 6.32. The van der Waals surface area contributed by atoms with Crippen LogP contribution in [0.2, 0.25) is 5.02 Å². The van der Waals surface area contributed by atoms with Crippen molar-refractivity contribution in [3.8, 4) is 11.8 Å². The maximum absolute atomic E-state index is 13.5. The Morgan fingerprint density at radius 2 is 2.04 bits per heavy atom. The molecule has 0 aliphatic rings. The number of methoxy groups -OCH3 is 1. The summed E-state index contributed by atoms with van der Waals surface area (Å²) < 4.78 is 23.1. The fraction of sp³-hybridized carbons (Fsp3) is 0.118. The van der Waals surface area contributed by atoms with E-state index in [-0.39, 0.29) is 21.9 Å². The third-order valence-electron chi connectivity index (χ3n) is 3.10. The van der Waals surface area contributed by atoms with Crippen molar-refractivity contribution in [1.29, 1.82) is 5.26 Å². The van der Waals surface area contributed by atoms with Crippen LogP contribution >= 0.6 is 11.6 Å². The van der Waals surface area contributed by atoms with Gasteiger partial charge in [-0.05, 0) is 36.4 Å². The van der Waals surface area contributed by atoms with E-state index in [9.17, 15) is 14.0 Å². The summed E-state index contributed by atoms with van der Waals surface area (Å²) in [4.78, 5) is 23.6. The SMILES string of the molecule is COc1ccc(C(=O)OCC(=O)Nc2ccc(C#N)c(Cl)c2)cc1F. The number of carbonyl (C=O) groups excluding carboxylic acids is 2. The highest BCUT2D eigenvalue weighted by Crippen LogP contribution is 2.20. The lowest BCUT2D eigenvalue weighted by Gasteiger charge is -2.08. The van der Waals surface area contributed by atoms with Crippen molar-refractivity contribution in [2.75, 3.05) is 19.0 Å². The van der Waals surface area contributed by atoms with Crippen molar-refractivity contribution in [3.05, 3.63) is 58.4 Å². The van der Waals surface area contributed by atoms with Crippen LogP contribution in [0.4, 0.5) is 10.1 Å². The van der Waals surface area contributed by atoms with Gasteiger partial charge >= 0.3 is 5.97 Å². The van der Waals surface area contributed by atoms with Crippen LogP contribution < -0.4 is 10.1 Å². The molecule has 1 amide bonds. The minimum absolute atomic E-state index is 0.00742. The highest BCUT2D eigenvalue weighted by atomic mass is 35.5. The zero-order chi connectivity index (χ0) is 18.4. The van der Waals surface area contributed by atoms with Crippen LogP contribution in [0.3, 0.4) is 0 Å². The standard InChI is InChI=1S/C17H12ClFN2O4/c1-24-15-5-3-10(6-14(15)19)17(23)25-9-16(22)21-12-4-2-11(8-20)13(18)7-12/h2-7H,9H2,1H3,(H,21,22). The zero-order valence-corrected chi connectivity index (χ0v) is 13.8. The topological polar surface area (TPSA) is 88.4 Å². The van der Waals surface area contributed by atoms with Crippen molar-refractivity contribution >= 4 is 29.2 Å². The fourth-order valence-corrected chi connectivity index (χ4v) is 2.11. The Balaban J connectivity index is 1.93. The van der Waals surface area contributed by atoms with Gasteiger partial charge in [-0.1, -0.05) is 11.6 Å². The van der Waals surface area contributed by atoms with E-state index in [1.165, 1.54) is 37.4 Å². The molecule has 2 aromatic rings. The lowest BCUT2D eigenvalue weighted by Crippen LogP contribution is -2.21. The van der Waals surface area contributed by atoms with Crippen LogP contribution in [0.5, 0.6) is 5.75 Å². The number of hydrogen-bond acceptors (Lipinski definition) is 5. The Labute approximate surface area is 147 Å². The smallest absolute Gasteiger partial charge is 0.338 e. The highest BCUT2D eigenvalue weighted by Gasteiger charge is 2.13. The first-order chi connectivity index (χ1) is 11.9. The number of amides is 1. The van der Waals surface area contributed by atoms with Crippen LogP contribution in [-0.2, 0) is 9.53 Å². The minimum Gasteiger partial charge on any atom is -0.494 e. The number of benzene rings is 2. The van der Waals surface area contributed by atoms with Crippen LogP contribution in [0, 0.1) is 17.1 Å². The van der Waals surface area contributed by atoms with Gasteiger partial charge in [0.2, 0.25) is 0 Å². The molecule has 128 valence electrons. The number of esters is 1. The Bertz CT molecular complexity index is 864. The van der Waals surface area contributed by atoms with Crippen LogP contribution in [0.1, 0.15) is 15.9 Å². The van der Waals surface area contributed by atoms with Gasteiger partial charge in [0.15, 0.2) is 18.2 Å². The molecule has 0 spiro atoms. The molecule has 0 unspecified atom stereocenters. The summed E-state index contributed by atoms with van der Waals surface area (Å²) in [5.41, 5.74) is 0.570. The third-order valence-corrected chi connectivity index (χ3v) is 3.41. The van der Waals surface area contributed by atoms with Gasteiger partial charge in [0.05, 0.1) is 23.3 Å². The molecule has 0 radical (unpaired) electrons. The number of rotatable bonds is 5. The average Bonchev–Trinajstić information content (AvgIpc) is 2.59. The van der Waals surface area contributed by atoms with Gasteiger partial charge in [0.25, 0.3) is 5.91 Å². The third kappa shape index (κ3) is 4.68. The summed E-state index contributed by atoms with van der Waals surface area (Å²) in [6.45, 7) is -0.565. The van der Waals surface area contributed by atoms with E-state index in [2.05, 4.69) is 5.32 Å². The van der Waals surface area contributed by atoms with Crippen molar-refractivity contribution < 1.29 is 23.5 Å². The summed E-state index contributed by atoms with van der Waals surface area (Å²) in [7, 11) is 1.30. The van der Waals surface area contributed by atoms with Crippen molar-refractivity contribution in [2.24, 2.45) is 0 Å². The number of carbonyl (C=O) groups is 2. The second-order valence-corrected chi connectivity index (χ2v) is 5.19. The molecule has 0 aliphatic heterocycles. The first kappa shape index (κ1) is 18.2. The molecule has 0 bridgehead atoms. The van der Waals surface area contributed by atoms with Gasteiger partial charge in [-0.3, -0.25) is 4.79 Å². The number of anilines is 1. The molecule has 2 aromatic carbocycles. The van der Waals surface area contributed by atoms with Crippen molar-refractivity contribution in [2.45, 2.75) is 0 Å². The molecule has 2 rings (SSSR count). The summed E-state index contributed by atoms with van der Waals surface area (Å²) in [5, 5.41) is 11.4. The minimum atomic E-state index is -0.852. The zero-order valence-electron chi connectivity index (χ0n) is 13.0. The van der Waals surface area contributed by atoms with Crippen LogP contribution in [-0.4, -0.2) is 25.6 Å². The maximum Gasteiger partial charge on any atom is 0.338 e. The first-order valence-corrected chi connectivity index (χ1v) is 7.32. The van der Waals surface area contributed by atoms with Gasteiger partial charge in [0, 0.05) is 5.69 Å². The number of halogens is 2. The molecule has 0 heterocycles. The molecule has 0 aliphatic carbocycles. The number of hydrogen-bond donors (Lipinski definition) is 1. The van der Waals surface area contributed by atoms with Crippen LogP contribution in [0.25, 0.3) is 0 Å². The Hall–Kier alpha value is -3.11. The van der Waals surface area contributed by atoms with E-state index in [1.807, 2.05) is 6.07 Å². The lowest BCUT2D eigenvalue weighted by molar-refractivity contribution is -0.119. The van der Waals surface area contributed by atoms with Crippen LogP contribution in [0.15, 0.2) is 36.4 Å². The Morgan fingerprint density at radius 1 is 1.28 bits per heavy atom. The lowest BCUT2D eigenvalue weighted by atomic mass is 10.2. The molecule has 0 saturated heterocycles. The summed E-state index contributed by atoms with van der Waals surface area (Å²) in [6.07, 6.45) is 0. The molecule has 8 heteroatoms. The summed E-state index contributed by atoms with van der Waals surface area (Å²) >= 11 is 5.86. The predicted octanol–water partition coefficient (Wildman–Crippen LogP) is 3.15. The largest absolute Gasteiger partial charge is 0.494 e. The first-order valence-electron chi connectivity index (χ1n) is 6.94. The van der Waals surface area contributed by atoms with E-state index >= 15 is 0 Å². The van der Waals surface area contributed by atoms with Crippen molar-refractivity contribution in [3.63, 3.8) is 0 Å². The average molecular weight is 363 g/mol. The Morgan fingerprint density at radius 3 is 2.64 bits per heavy atom. The second-order valence-electron chi connectivity index (χ2n) is 4.78. The van der Waals surface area contributed by atoms with E-state index in [0.717, 1.165) is 6.07 Å². The molecule has 0 aromatic heterocycles. The van der Waals surface area contributed by atoms with Gasteiger partial charge in [-0.2, -0.15) is 5.26 Å². The summed E-state index contributed by atoms with van der Waals surface area (Å²) in [5.74, 6) is -2.18. The monoisotopic (exact) mass is 362 g/mol. The van der Waals surface area contributed by atoms with Crippen molar-refractivity contribution in [1.82, 2.24) is 0 Å². The number of ether oxygens (including phenoxy) is 2. The van der Waals surface area contributed by atoms with E-state index in [1.54, 1.807) is 0 Å². The normalized spacial score (nSPS) is 9.84. The van der Waals surface area contributed by atoms with Gasteiger partial charge < -0.3 is 14.8 Å². The molecule has 0 saturated carbocycles. The van der Waals surface area contributed by atoms with E-state index in [0.29, 0.717) is 5.69 Å². The molecule has 0 atom stereocenters. The van der Waals surface area contributed by atoms with Gasteiger partial charge in [0.1, 0.15) is 6.07 Å². The molecule has 6 nitrogen and oxygen atoms in total.